The van der Waals surface area contributed by atoms with Gasteiger partial charge < -0.3 is 11.1 Å². The summed E-state index contributed by atoms with van der Waals surface area (Å²) in [5, 5.41) is 3.52. The minimum Gasteiger partial charge on any atom is -0.348 e. The van der Waals surface area contributed by atoms with Crippen LogP contribution in [0.15, 0.2) is 24.3 Å². The van der Waals surface area contributed by atoms with Crippen LogP contribution in [-0.4, -0.2) is 18.5 Å². The highest BCUT2D eigenvalue weighted by Crippen LogP contribution is 2.26. The predicted molar refractivity (Wildman–Crippen MR) is 67.8 cm³/mol. The van der Waals surface area contributed by atoms with Crippen LogP contribution in [0.3, 0.4) is 0 Å². The number of rotatable bonds is 3. The molecule has 1 heterocycles. The smallest absolute Gasteiger partial charge is 0.261 e. The topological polar surface area (TPSA) is 55.1 Å². The number of hydrogen-bond acceptors (Lipinski definition) is 3. The highest BCUT2D eigenvalue weighted by Gasteiger charge is 2.12. The molecule has 90 valence electrons. The Bertz CT molecular complexity index is 552. The van der Waals surface area contributed by atoms with E-state index in [0.29, 0.717) is 11.4 Å². The first-order valence-corrected chi connectivity index (χ1v) is 6.12. The quantitative estimate of drug-likeness (QED) is 0.879. The summed E-state index contributed by atoms with van der Waals surface area (Å²) >= 11 is 1.35. The molecular formula is C12H13FN2OS. The highest BCUT2D eigenvalue weighted by atomic mass is 32.1. The molecule has 0 aliphatic heterocycles. The van der Waals surface area contributed by atoms with Gasteiger partial charge in [-0.25, -0.2) is 4.39 Å². The summed E-state index contributed by atoms with van der Waals surface area (Å²) in [4.78, 5) is 12.4. The number of carbonyl (C=O) groups excluding carboxylic acids is 1. The molecule has 3 N–H and O–H groups in total. The second kappa shape index (κ2) is 4.81. The lowest BCUT2D eigenvalue weighted by atomic mass is 10.2. The number of thiophene rings is 1. The van der Waals surface area contributed by atoms with Crippen LogP contribution in [-0.2, 0) is 0 Å². The number of halogens is 1. The van der Waals surface area contributed by atoms with E-state index in [9.17, 15) is 9.18 Å². The van der Waals surface area contributed by atoms with Gasteiger partial charge in [-0.1, -0.05) is 0 Å². The first-order chi connectivity index (χ1) is 8.10. The van der Waals surface area contributed by atoms with Crippen molar-refractivity contribution in [3.63, 3.8) is 0 Å². The van der Waals surface area contributed by atoms with Crippen molar-refractivity contribution in [3.05, 3.63) is 35.0 Å². The summed E-state index contributed by atoms with van der Waals surface area (Å²) in [5.41, 5.74) is 5.43. The largest absolute Gasteiger partial charge is 0.348 e. The van der Waals surface area contributed by atoms with Gasteiger partial charge in [-0.05, 0) is 36.6 Å². The van der Waals surface area contributed by atoms with Crippen LogP contribution >= 0.6 is 11.3 Å². The van der Waals surface area contributed by atoms with Gasteiger partial charge in [0, 0.05) is 17.3 Å². The number of fused-ring (bicyclic) bond motifs is 1. The first kappa shape index (κ1) is 12.0. The minimum atomic E-state index is -0.294. The number of amides is 1. The Morgan fingerprint density at radius 3 is 3.00 bits per heavy atom. The van der Waals surface area contributed by atoms with Crippen LogP contribution in [0.4, 0.5) is 4.39 Å². The number of nitrogens with two attached hydrogens (primary N) is 1. The number of nitrogens with one attached hydrogen (secondary N) is 1. The zero-order valence-electron chi connectivity index (χ0n) is 9.37. The predicted octanol–water partition coefficient (Wildman–Crippen LogP) is 2.12. The molecule has 1 aromatic heterocycles. The van der Waals surface area contributed by atoms with Gasteiger partial charge in [0.15, 0.2) is 0 Å². The van der Waals surface area contributed by atoms with Gasteiger partial charge >= 0.3 is 0 Å². The van der Waals surface area contributed by atoms with E-state index in [1.807, 2.05) is 6.92 Å². The van der Waals surface area contributed by atoms with Crippen LogP contribution in [0.25, 0.3) is 10.1 Å². The summed E-state index contributed by atoms with van der Waals surface area (Å²) in [7, 11) is 0. The molecule has 0 spiro atoms. The van der Waals surface area contributed by atoms with Crippen LogP contribution < -0.4 is 11.1 Å². The third-order valence-corrected chi connectivity index (χ3v) is 3.55. The lowest BCUT2D eigenvalue weighted by molar-refractivity contribution is 0.0945. The Kier molecular flexibility index (Phi) is 3.40. The van der Waals surface area contributed by atoms with Crippen LogP contribution in [0.1, 0.15) is 16.6 Å². The summed E-state index contributed by atoms with van der Waals surface area (Å²) in [5.74, 6) is -0.456. The lowest BCUT2D eigenvalue weighted by Crippen LogP contribution is -2.37. The Labute approximate surface area is 102 Å². The SMILES string of the molecule is C[C@@H](CN)NC(=O)c1cc2cc(F)ccc2s1. The van der Waals surface area contributed by atoms with Gasteiger partial charge in [0.2, 0.25) is 0 Å². The molecule has 1 aromatic carbocycles. The Morgan fingerprint density at radius 2 is 2.29 bits per heavy atom. The van der Waals surface area contributed by atoms with Crippen LogP contribution in [0, 0.1) is 5.82 Å². The van der Waals surface area contributed by atoms with Crippen molar-refractivity contribution in [1.82, 2.24) is 5.32 Å². The molecule has 0 aliphatic rings. The molecule has 3 nitrogen and oxygen atoms in total. The summed E-state index contributed by atoms with van der Waals surface area (Å²) < 4.78 is 13.9. The lowest BCUT2D eigenvalue weighted by Gasteiger charge is -2.09. The van der Waals surface area contributed by atoms with Crippen molar-refractivity contribution >= 4 is 27.3 Å². The monoisotopic (exact) mass is 252 g/mol. The molecule has 1 atom stereocenters. The number of hydrogen-bond donors (Lipinski definition) is 2. The third kappa shape index (κ3) is 2.62. The number of carbonyl (C=O) groups is 1. The summed E-state index contributed by atoms with van der Waals surface area (Å²) in [6, 6.07) is 6.13. The second-order valence-electron chi connectivity index (χ2n) is 3.90. The van der Waals surface area contributed by atoms with Crippen molar-refractivity contribution in [1.29, 1.82) is 0 Å². The third-order valence-electron chi connectivity index (χ3n) is 2.43. The first-order valence-electron chi connectivity index (χ1n) is 5.30. The molecule has 0 unspecified atom stereocenters. The average Bonchev–Trinajstić information content (AvgIpc) is 2.71. The molecule has 5 heteroatoms. The maximum atomic E-state index is 13.0. The van der Waals surface area contributed by atoms with E-state index in [1.165, 1.54) is 23.5 Å². The van der Waals surface area contributed by atoms with E-state index in [-0.39, 0.29) is 17.8 Å². The fourth-order valence-electron chi connectivity index (χ4n) is 1.48. The minimum absolute atomic E-state index is 0.0653. The van der Waals surface area contributed by atoms with E-state index in [4.69, 9.17) is 5.73 Å². The highest BCUT2D eigenvalue weighted by molar-refractivity contribution is 7.20. The Hall–Kier alpha value is -1.46. The zero-order chi connectivity index (χ0) is 12.4. The van der Waals surface area contributed by atoms with Crippen molar-refractivity contribution in [2.45, 2.75) is 13.0 Å². The van der Waals surface area contributed by atoms with Crippen LogP contribution in [0.5, 0.6) is 0 Å². The molecule has 0 fully saturated rings. The van der Waals surface area contributed by atoms with Crippen molar-refractivity contribution < 1.29 is 9.18 Å². The molecule has 2 aromatic rings. The number of benzene rings is 1. The van der Waals surface area contributed by atoms with Crippen LogP contribution in [0.2, 0.25) is 0 Å². The molecule has 0 bridgehead atoms. The van der Waals surface area contributed by atoms with Gasteiger partial charge in [-0.3, -0.25) is 4.79 Å². The van der Waals surface area contributed by atoms with Crippen molar-refractivity contribution in [2.75, 3.05) is 6.54 Å². The van der Waals surface area contributed by atoms with Crippen molar-refractivity contribution in [2.24, 2.45) is 5.73 Å². The normalized spacial score (nSPS) is 12.6. The maximum absolute atomic E-state index is 13.0. The van der Waals surface area contributed by atoms with E-state index < -0.39 is 0 Å². The fourth-order valence-corrected chi connectivity index (χ4v) is 2.43. The standard InChI is InChI=1S/C12H13FN2OS/c1-7(6-14)15-12(16)11-5-8-4-9(13)2-3-10(8)17-11/h2-5,7H,6,14H2,1H3,(H,15,16)/t7-/m0/s1. The van der Waals surface area contributed by atoms with Gasteiger partial charge in [-0.15, -0.1) is 11.3 Å². The van der Waals surface area contributed by atoms with Gasteiger partial charge in [0.05, 0.1) is 4.88 Å². The summed E-state index contributed by atoms with van der Waals surface area (Å²) in [6.45, 7) is 2.23. The zero-order valence-corrected chi connectivity index (χ0v) is 10.2. The molecular weight excluding hydrogens is 239 g/mol. The molecule has 0 aliphatic carbocycles. The maximum Gasteiger partial charge on any atom is 0.261 e. The molecule has 17 heavy (non-hydrogen) atoms. The molecule has 0 saturated carbocycles. The molecule has 0 radical (unpaired) electrons. The Balaban J connectivity index is 2.27. The Morgan fingerprint density at radius 1 is 1.53 bits per heavy atom. The molecule has 0 saturated heterocycles. The summed E-state index contributed by atoms with van der Waals surface area (Å²) in [6.07, 6.45) is 0. The van der Waals surface area contributed by atoms with E-state index in [0.717, 1.165) is 10.1 Å². The van der Waals surface area contributed by atoms with E-state index >= 15 is 0 Å². The molecule has 1 amide bonds. The van der Waals surface area contributed by atoms with Crippen molar-refractivity contribution in [3.8, 4) is 0 Å². The van der Waals surface area contributed by atoms with E-state index in [1.54, 1.807) is 12.1 Å². The van der Waals surface area contributed by atoms with E-state index in [2.05, 4.69) is 5.32 Å². The average molecular weight is 252 g/mol. The molecule has 2 rings (SSSR count). The fraction of sp³-hybridized carbons (Fsp3) is 0.250. The van der Waals surface area contributed by atoms with Gasteiger partial charge in [0.25, 0.3) is 5.91 Å². The second-order valence-corrected chi connectivity index (χ2v) is 4.99. The van der Waals surface area contributed by atoms with Gasteiger partial charge in [0.1, 0.15) is 5.82 Å². The van der Waals surface area contributed by atoms with Gasteiger partial charge in [-0.2, -0.15) is 0 Å².